The molecule has 20 heavy (non-hydrogen) atoms. The van der Waals surface area contributed by atoms with E-state index in [1.54, 1.807) is 0 Å². The van der Waals surface area contributed by atoms with E-state index >= 15 is 0 Å². The van der Waals surface area contributed by atoms with Gasteiger partial charge in [-0.2, -0.15) is 4.98 Å². The van der Waals surface area contributed by atoms with Crippen LogP contribution < -0.4 is 0 Å². The lowest BCUT2D eigenvalue weighted by Crippen LogP contribution is -2.03. The fraction of sp³-hybridized carbons (Fsp3) is 0.800. The molecule has 5 heteroatoms. The maximum atomic E-state index is 11.2. The Hall–Kier alpha value is -1.39. The van der Waals surface area contributed by atoms with Gasteiger partial charge in [0.25, 0.3) is 0 Å². The van der Waals surface area contributed by atoms with Gasteiger partial charge in [0.15, 0.2) is 5.82 Å². The van der Waals surface area contributed by atoms with E-state index in [1.807, 2.05) is 13.8 Å². The minimum atomic E-state index is -0.772. The molecule has 1 N–H and O–H groups in total. The number of aromatic nitrogens is 2. The Morgan fingerprint density at radius 3 is 2.75 bits per heavy atom. The zero-order valence-electron chi connectivity index (χ0n) is 12.3. The first-order chi connectivity index (χ1) is 9.45. The highest BCUT2D eigenvalue weighted by Gasteiger charge is 2.65. The van der Waals surface area contributed by atoms with E-state index in [0.29, 0.717) is 11.8 Å². The fourth-order valence-corrected chi connectivity index (χ4v) is 3.78. The van der Waals surface area contributed by atoms with Crippen molar-refractivity contribution in [3.63, 3.8) is 0 Å². The molecule has 2 aliphatic carbocycles. The number of carbonyl (C=O) groups is 1. The van der Waals surface area contributed by atoms with Gasteiger partial charge in [0.1, 0.15) is 0 Å². The number of hydrogen-bond donors (Lipinski definition) is 1. The van der Waals surface area contributed by atoms with E-state index in [9.17, 15) is 9.90 Å². The summed E-state index contributed by atoms with van der Waals surface area (Å²) in [5.74, 6) is 1.15. The highest BCUT2D eigenvalue weighted by Crippen LogP contribution is 2.64. The standard InChI is InChI=1S/C15H22N2O3/c1-4-8-5-6-9(7-8)12-16-13(20-17-12)10-11(14(18)19)15(10,2)3/h8-11H,4-7H2,1-3H3,(H,18,19). The summed E-state index contributed by atoms with van der Waals surface area (Å²) in [6.07, 6.45) is 4.69. The largest absolute Gasteiger partial charge is 0.481 e. The van der Waals surface area contributed by atoms with Gasteiger partial charge < -0.3 is 9.63 Å². The first kappa shape index (κ1) is 13.6. The van der Waals surface area contributed by atoms with Crippen LogP contribution in [-0.2, 0) is 4.79 Å². The van der Waals surface area contributed by atoms with Crippen LogP contribution in [0.3, 0.4) is 0 Å². The molecule has 110 valence electrons. The molecule has 0 bridgehead atoms. The number of nitrogens with zero attached hydrogens (tertiary/aromatic N) is 2. The van der Waals surface area contributed by atoms with Crippen LogP contribution in [0, 0.1) is 17.3 Å². The second-order valence-corrected chi connectivity index (χ2v) is 6.89. The van der Waals surface area contributed by atoms with Gasteiger partial charge in [0.2, 0.25) is 5.89 Å². The van der Waals surface area contributed by atoms with Gasteiger partial charge in [0.05, 0.1) is 11.8 Å². The molecule has 0 saturated heterocycles. The molecule has 0 spiro atoms. The van der Waals surface area contributed by atoms with Crippen molar-refractivity contribution in [1.82, 2.24) is 10.1 Å². The molecular formula is C15H22N2O3. The number of carboxylic acids is 1. The van der Waals surface area contributed by atoms with Crippen LogP contribution in [0.1, 0.15) is 70.0 Å². The lowest BCUT2D eigenvalue weighted by atomic mass is 10.0. The Kier molecular flexibility index (Phi) is 3.10. The maximum absolute atomic E-state index is 11.2. The summed E-state index contributed by atoms with van der Waals surface area (Å²) in [6.45, 7) is 6.12. The minimum absolute atomic E-state index is 0.135. The lowest BCUT2D eigenvalue weighted by Gasteiger charge is -2.04. The fourth-order valence-electron chi connectivity index (χ4n) is 3.78. The highest BCUT2D eigenvalue weighted by molar-refractivity contribution is 5.77. The van der Waals surface area contributed by atoms with Crippen LogP contribution >= 0.6 is 0 Å². The molecule has 3 rings (SSSR count). The van der Waals surface area contributed by atoms with E-state index in [0.717, 1.165) is 24.6 Å². The third-order valence-electron chi connectivity index (χ3n) is 5.30. The Bertz CT molecular complexity index is 523. The van der Waals surface area contributed by atoms with Crippen molar-refractivity contribution < 1.29 is 14.4 Å². The van der Waals surface area contributed by atoms with Crippen molar-refractivity contribution in [1.29, 1.82) is 0 Å². The first-order valence-corrected chi connectivity index (χ1v) is 7.51. The molecule has 5 nitrogen and oxygen atoms in total. The summed E-state index contributed by atoms with van der Waals surface area (Å²) in [7, 11) is 0. The van der Waals surface area contributed by atoms with Crippen LogP contribution in [-0.4, -0.2) is 21.2 Å². The van der Waals surface area contributed by atoms with E-state index in [4.69, 9.17) is 4.52 Å². The van der Waals surface area contributed by atoms with Crippen LogP contribution in [0.25, 0.3) is 0 Å². The van der Waals surface area contributed by atoms with Crippen molar-refractivity contribution in [3.05, 3.63) is 11.7 Å². The van der Waals surface area contributed by atoms with E-state index in [2.05, 4.69) is 17.1 Å². The summed E-state index contributed by atoms with van der Waals surface area (Å²) < 4.78 is 5.36. The summed E-state index contributed by atoms with van der Waals surface area (Å²) >= 11 is 0. The molecule has 1 aromatic heterocycles. The molecule has 2 aliphatic rings. The second-order valence-electron chi connectivity index (χ2n) is 6.89. The van der Waals surface area contributed by atoms with Crippen LogP contribution in [0.5, 0.6) is 0 Å². The van der Waals surface area contributed by atoms with Crippen molar-refractivity contribution in [2.75, 3.05) is 0 Å². The third kappa shape index (κ3) is 2.03. The van der Waals surface area contributed by atoms with Crippen molar-refractivity contribution in [3.8, 4) is 0 Å². The molecule has 0 aromatic carbocycles. The first-order valence-electron chi connectivity index (χ1n) is 7.51. The monoisotopic (exact) mass is 278 g/mol. The SMILES string of the molecule is CCC1CCC(c2noc(C3C(C(=O)O)C3(C)C)n2)C1. The van der Waals surface area contributed by atoms with Crippen LogP contribution in [0.2, 0.25) is 0 Å². The predicted molar refractivity (Wildman–Crippen MR) is 72.3 cm³/mol. The average Bonchev–Trinajstić information content (AvgIpc) is 2.85. The van der Waals surface area contributed by atoms with Gasteiger partial charge >= 0.3 is 5.97 Å². The van der Waals surface area contributed by atoms with Gasteiger partial charge in [-0.15, -0.1) is 0 Å². The Morgan fingerprint density at radius 2 is 2.20 bits per heavy atom. The lowest BCUT2D eigenvalue weighted by molar-refractivity contribution is -0.139. The number of carboxylic acid groups (broad SMARTS) is 1. The topological polar surface area (TPSA) is 76.2 Å². The van der Waals surface area contributed by atoms with Gasteiger partial charge in [-0.25, -0.2) is 0 Å². The van der Waals surface area contributed by atoms with Crippen molar-refractivity contribution in [2.24, 2.45) is 17.3 Å². The zero-order valence-corrected chi connectivity index (χ0v) is 12.3. The quantitative estimate of drug-likeness (QED) is 0.915. The van der Waals surface area contributed by atoms with Crippen molar-refractivity contribution >= 4 is 5.97 Å². The van der Waals surface area contributed by atoms with Crippen molar-refractivity contribution in [2.45, 2.75) is 58.3 Å². The van der Waals surface area contributed by atoms with E-state index in [1.165, 1.54) is 12.8 Å². The molecule has 0 radical (unpaired) electrons. The zero-order chi connectivity index (χ0) is 14.5. The maximum Gasteiger partial charge on any atom is 0.307 e. The molecule has 1 heterocycles. The minimum Gasteiger partial charge on any atom is -0.481 e. The summed E-state index contributed by atoms with van der Waals surface area (Å²) in [5, 5.41) is 13.3. The summed E-state index contributed by atoms with van der Waals surface area (Å²) in [4.78, 5) is 15.7. The van der Waals surface area contributed by atoms with Crippen LogP contribution in [0.15, 0.2) is 4.52 Å². The van der Waals surface area contributed by atoms with E-state index < -0.39 is 11.9 Å². The summed E-state index contributed by atoms with van der Waals surface area (Å²) in [5.41, 5.74) is -0.280. The summed E-state index contributed by atoms with van der Waals surface area (Å²) in [6, 6.07) is 0. The third-order valence-corrected chi connectivity index (χ3v) is 5.30. The Labute approximate surface area is 118 Å². The normalized spacial score (nSPS) is 35.1. The van der Waals surface area contributed by atoms with Gasteiger partial charge in [0, 0.05) is 5.92 Å². The Balaban J connectivity index is 1.74. The smallest absolute Gasteiger partial charge is 0.307 e. The molecule has 0 aliphatic heterocycles. The molecule has 0 amide bonds. The molecule has 2 fully saturated rings. The van der Waals surface area contributed by atoms with Gasteiger partial charge in [-0.3, -0.25) is 4.79 Å². The molecule has 4 unspecified atom stereocenters. The van der Waals surface area contributed by atoms with Crippen LogP contribution in [0.4, 0.5) is 0 Å². The highest BCUT2D eigenvalue weighted by atomic mass is 16.5. The van der Waals surface area contributed by atoms with E-state index in [-0.39, 0.29) is 11.3 Å². The second kappa shape index (κ2) is 4.57. The average molecular weight is 278 g/mol. The predicted octanol–water partition coefficient (Wildman–Crippen LogP) is 3.19. The molecule has 1 aromatic rings. The Morgan fingerprint density at radius 1 is 1.45 bits per heavy atom. The van der Waals surface area contributed by atoms with Gasteiger partial charge in [-0.05, 0) is 30.6 Å². The number of hydrogen-bond acceptors (Lipinski definition) is 4. The number of rotatable bonds is 4. The molecule has 4 atom stereocenters. The van der Waals surface area contributed by atoms with Gasteiger partial charge in [-0.1, -0.05) is 32.3 Å². The molecular weight excluding hydrogens is 256 g/mol. The molecule has 2 saturated carbocycles. The number of aliphatic carboxylic acids is 1.